The van der Waals surface area contributed by atoms with Gasteiger partial charge >= 0.3 is 0 Å². The van der Waals surface area contributed by atoms with Crippen molar-refractivity contribution in [2.45, 2.75) is 52.2 Å². The van der Waals surface area contributed by atoms with Crippen molar-refractivity contribution in [3.8, 4) is 0 Å². The molecule has 1 atom stereocenters. The van der Waals surface area contributed by atoms with E-state index < -0.39 is 6.04 Å². The second kappa shape index (κ2) is 9.60. The predicted molar refractivity (Wildman–Crippen MR) is 122 cm³/mol. The van der Waals surface area contributed by atoms with Crippen LogP contribution in [0.4, 0.5) is 0 Å². The van der Waals surface area contributed by atoms with Crippen LogP contribution in [-0.4, -0.2) is 27.6 Å². The number of carbonyl (C=O) groups is 2. The molecule has 0 unspecified atom stereocenters. The van der Waals surface area contributed by atoms with Crippen molar-refractivity contribution in [3.05, 3.63) is 89.2 Å². The summed E-state index contributed by atoms with van der Waals surface area (Å²) in [7, 11) is 0. The molecule has 0 bridgehead atoms. The Bertz CT molecular complexity index is 1020. The summed E-state index contributed by atoms with van der Waals surface area (Å²) >= 11 is 0. The van der Waals surface area contributed by atoms with E-state index in [1.807, 2.05) is 53.3 Å². The molecule has 0 fully saturated rings. The van der Waals surface area contributed by atoms with E-state index in [1.165, 1.54) is 0 Å². The van der Waals surface area contributed by atoms with E-state index in [-0.39, 0.29) is 17.2 Å². The third kappa shape index (κ3) is 6.04. The van der Waals surface area contributed by atoms with Crippen LogP contribution in [-0.2, 0) is 23.3 Å². The maximum atomic E-state index is 12.6. The Morgan fingerprint density at radius 3 is 2.29 bits per heavy atom. The molecular weight excluding hydrogens is 388 g/mol. The van der Waals surface area contributed by atoms with E-state index in [4.69, 9.17) is 0 Å². The van der Waals surface area contributed by atoms with Gasteiger partial charge in [-0.2, -0.15) is 5.10 Å². The molecule has 1 heterocycles. The first-order valence-corrected chi connectivity index (χ1v) is 10.5. The SMILES string of the molecule is C[C@H](NC(=O)c1ccc(C(C)(C)C)cc1)C(=O)NCc1ccccc1Cn1cccn1. The average Bonchev–Trinajstić information content (AvgIpc) is 3.25. The Balaban J connectivity index is 1.56. The Hall–Kier alpha value is -3.41. The molecule has 2 aromatic carbocycles. The molecule has 6 heteroatoms. The van der Waals surface area contributed by atoms with Gasteiger partial charge in [0.05, 0.1) is 6.54 Å². The summed E-state index contributed by atoms with van der Waals surface area (Å²) < 4.78 is 1.84. The monoisotopic (exact) mass is 418 g/mol. The van der Waals surface area contributed by atoms with Gasteiger partial charge in [-0.25, -0.2) is 0 Å². The Morgan fingerprint density at radius 1 is 1.00 bits per heavy atom. The third-order valence-corrected chi connectivity index (χ3v) is 5.22. The van der Waals surface area contributed by atoms with E-state index in [9.17, 15) is 9.59 Å². The van der Waals surface area contributed by atoms with E-state index in [0.717, 1.165) is 16.7 Å². The van der Waals surface area contributed by atoms with Crippen LogP contribution in [0.2, 0.25) is 0 Å². The quantitative estimate of drug-likeness (QED) is 0.615. The van der Waals surface area contributed by atoms with E-state index in [0.29, 0.717) is 18.7 Å². The van der Waals surface area contributed by atoms with Gasteiger partial charge in [0.2, 0.25) is 5.91 Å². The maximum Gasteiger partial charge on any atom is 0.251 e. The van der Waals surface area contributed by atoms with Crippen LogP contribution >= 0.6 is 0 Å². The zero-order chi connectivity index (χ0) is 22.4. The fourth-order valence-corrected chi connectivity index (χ4v) is 3.26. The highest BCUT2D eigenvalue weighted by Gasteiger charge is 2.18. The molecule has 0 saturated carbocycles. The van der Waals surface area contributed by atoms with Crippen molar-refractivity contribution < 1.29 is 9.59 Å². The fourth-order valence-electron chi connectivity index (χ4n) is 3.26. The minimum atomic E-state index is -0.645. The largest absolute Gasteiger partial charge is 0.350 e. The summed E-state index contributed by atoms with van der Waals surface area (Å²) in [6, 6.07) is 16.7. The number of rotatable bonds is 7. The first-order chi connectivity index (χ1) is 14.7. The lowest BCUT2D eigenvalue weighted by Crippen LogP contribution is -2.44. The van der Waals surface area contributed by atoms with E-state index >= 15 is 0 Å². The highest BCUT2D eigenvalue weighted by Crippen LogP contribution is 2.22. The molecule has 0 aliphatic carbocycles. The molecule has 2 N–H and O–H groups in total. The number of amides is 2. The predicted octanol–water partition coefficient (Wildman–Crippen LogP) is 3.66. The van der Waals surface area contributed by atoms with Crippen molar-refractivity contribution in [2.24, 2.45) is 0 Å². The van der Waals surface area contributed by atoms with Crippen LogP contribution in [0, 0.1) is 0 Å². The van der Waals surface area contributed by atoms with Crippen molar-refractivity contribution >= 4 is 11.8 Å². The summed E-state index contributed by atoms with van der Waals surface area (Å²) in [5.41, 5.74) is 3.82. The van der Waals surface area contributed by atoms with Crippen molar-refractivity contribution in [1.29, 1.82) is 0 Å². The molecule has 0 saturated heterocycles. The zero-order valence-electron chi connectivity index (χ0n) is 18.6. The summed E-state index contributed by atoms with van der Waals surface area (Å²) in [4.78, 5) is 25.1. The van der Waals surface area contributed by atoms with Crippen molar-refractivity contribution in [3.63, 3.8) is 0 Å². The van der Waals surface area contributed by atoms with Crippen LogP contribution in [0.1, 0.15) is 54.7 Å². The molecule has 0 spiro atoms. The summed E-state index contributed by atoms with van der Waals surface area (Å²) in [6.07, 6.45) is 3.65. The molecule has 1 aromatic heterocycles. The highest BCUT2D eigenvalue weighted by atomic mass is 16.2. The lowest BCUT2D eigenvalue weighted by molar-refractivity contribution is -0.122. The minimum Gasteiger partial charge on any atom is -0.350 e. The summed E-state index contributed by atoms with van der Waals surface area (Å²) in [6.45, 7) is 9.09. The van der Waals surface area contributed by atoms with Gasteiger partial charge in [0, 0.05) is 24.5 Å². The topological polar surface area (TPSA) is 76.0 Å². The average molecular weight is 419 g/mol. The summed E-state index contributed by atoms with van der Waals surface area (Å²) in [5.74, 6) is -0.490. The highest BCUT2D eigenvalue weighted by molar-refractivity contribution is 5.97. The molecule has 0 aliphatic rings. The van der Waals surface area contributed by atoms with Gasteiger partial charge in [0.25, 0.3) is 5.91 Å². The standard InChI is InChI=1S/C25H30N4O2/c1-18(28-24(31)19-10-12-22(13-11-19)25(2,3)4)23(30)26-16-20-8-5-6-9-21(20)17-29-15-7-14-27-29/h5-15,18H,16-17H2,1-4H3,(H,26,30)(H,28,31)/t18-/m0/s1. The molecular formula is C25H30N4O2. The Kier molecular flexibility index (Phi) is 6.90. The second-order valence-electron chi connectivity index (χ2n) is 8.71. The number of nitrogens with zero attached hydrogens (tertiary/aromatic N) is 2. The second-order valence-corrected chi connectivity index (χ2v) is 8.71. The first kappa shape index (κ1) is 22.3. The molecule has 0 radical (unpaired) electrons. The van der Waals surface area contributed by atoms with Crippen LogP contribution in [0.5, 0.6) is 0 Å². The smallest absolute Gasteiger partial charge is 0.251 e. The van der Waals surface area contributed by atoms with Gasteiger partial charge in [-0.1, -0.05) is 57.2 Å². The van der Waals surface area contributed by atoms with E-state index in [1.54, 1.807) is 25.3 Å². The lowest BCUT2D eigenvalue weighted by Gasteiger charge is -2.19. The maximum absolute atomic E-state index is 12.6. The fraction of sp³-hybridized carbons (Fsp3) is 0.320. The molecule has 162 valence electrons. The third-order valence-electron chi connectivity index (χ3n) is 5.22. The van der Waals surface area contributed by atoms with Gasteiger partial charge in [-0.15, -0.1) is 0 Å². The summed E-state index contributed by atoms with van der Waals surface area (Å²) in [5, 5.41) is 9.94. The number of benzene rings is 2. The number of hydrogen-bond acceptors (Lipinski definition) is 3. The number of carbonyl (C=O) groups excluding carboxylic acids is 2. The van der Waals surface area contributed by atoms with E-state index in [2.05, 4.69) is 36.5 Å². The van der Waals surface area contributed by atoms with Crippen molar-refractivity contribution in [1.82, 2.24) is 20.4 Å². The van der Waals surface area contributed by atoms with Gasteiger partial charge in [0.15, 0.2) is 0 Å². The Morgan fingerprint density at radius 2 is 1.68 bits per heavy atom. The molecule has 2 amide bonds. The van der Waals surface area contributed by atoms with Crippen LogP contribution in [0.3, 0.4) is 0 Å². The van der Waals surface area contributed by atoms with Crippen LogP contribution in [0.25, 0.3) is 0 Å². The number of aromatic nitrogens is 2. The first-order valence-electron chi connectivity index (χ1n) is 10.5. The molecule has 3 aromatic rings. The Labute approximate surface area is 183 Å². The molecule has 31 heavy (non-hydrogen) atoms. The normalized spacial score (nSPS) is 12.3. The van der Waals surface area contributed by atoms with Crippen LogP contribution in [0.15, 0.2) is 67.0 Å². The molecule has 6 nitrogen and oxygen atoms in total. The number of hydrogen-bond donors (Lipinski definition) is 2. The van der Waals surface area contributed by atoms with Gasteiger partial charge < -0.3 is 10.6 Å². The lowest BCUT2D eigenvalue weighted by atomic mass is 9.86. The van der Waals surface area contributed by atoms with Crippen LogP contribution < -0.4 is 10.6 Å². The number of nitrogens with one attached hydrogen (secondary N) is 2. The zero-order valence-corrected chi connectivity index (χ0v) is 18.6. The van der Waals surface area contributed by atoms with Crippen molar-refractivity contribution in [2.75, 3.05) is 0 Å². The van der Waals surface area contributed by atoms with Gasteiger partial charge in [0.1, 0.15) is 6.04 Å². The van der Waals surface area contributed by atoms with Gasteiger partial charge in [-0.05, 0) is 47.2 Å². The minimum absolute atomic E-state index is 0.0237. The van der Waals surface area contributed by atoms with Gasteiger partial charge in [-0.3, -0.25) is 14.3 Å². The molecule has 0 aliphatic heterocycles. The molecule has 3 rings (SSSR count).